The number of hydrogen-bond acceptors (Lipinski definition) is 5. The first-order valence-corrected chi connectivity index (χ1v) is 11.3. The van der Waals surface area contributed by atoms with Gasteiger partial charge in [-0.05, 0) is 46.8 Å². The number of benzene rings is 2. The van der Waals surface area contributed by atoms with Crippen LogP contribution in [0.2, 0.25) is 5.02 Å². The molecule has 0 spiro atoms. The van der Waals surface area contributed by atoms with Gasteiger partial charge in [-0.15, -0.1) is 21.5 Å². The quantitative estimate of drug-likeness (QED) is 0.339. The third-order valence-corrected chi connectivity index (χ3v) is 6.86. The predicted octanol–water partition coefficient (Wildman–Crippen LogP) is 5.24. The van der Waals surface area contributed by atoms with Crippen LogP contribution in [0.3, 0.4) is 0 Å². The van der Waals surface area contributed by atoms with Crippen LogP contribution >= 0.6 is 34.7 Å². The van der Waals surface area contributed by atoms with Crippen molar-refractivity contribution in [2.24, 2.45) is 0 Å². The second-order valence-electron chi connectivity index (χ2n) is 6.69. The third kappa shape index (κ3) is 3.51. The molecular weight excluding hydrogens is 443 g/mol. The molecule has 30 heavy (non-hydrogen) atoms. The largest absolute Gasteiger partial charge is 0.273 e. The SMILES string of the molecule is O=c1c2sccc2n2c(SCc3ccc(Cl)cc3)nnc2n1Cc1ccc(F)cc1. The Morgan fingerprint density at radius 2 is 1.73 bits per heavy atom. The van der Waals surface area contributed by atoms with Crippen molar-refractivity contribution in [3.05, 3.63) is 92.3 Å². The Morgan fingerprint density at radius 1 is 1.00 bits per heavy atom. The van der Waals surface area contributed by atoms with E-state index in [2.05, 4.69) is 10.2 Å². The van der Waals surface area contributed by atoms with Crippen LogP contribution < -0.4 is 5.56 Å². The predicted molar refractivity (Wildman–Crippen MR) is 119 cm³/mol. The summed E-state index contributed by atoms with van der Waals surface area (Å²) in [6.45, 7) is 0.288. The molecular formula is C21H14ClFN4OS2. The van der Waals surface area contributed by atoms with Crippen LogP contribution in [0.5, 0.6) is 0 Å². The van der Waals surface area contributed by atoms with E-state index in [9.17, 15) is 9.18 Å². The number of nitrogens with zero attached hydrogens (tertiary/aromatic N) is 4. The van der Waals surface area contributed by atoms with Crippen molar-refractivity contribution in [2.75, 3.05) is 0 Å². The van der Waals surface area contributed by atoms with Crippen LogP contribution in [0.15, 0.2) is 69.9 Å². The molecule has 0 bridgehead atoms. The maximum Gasteiger partial charge on any atom is 0.273 e. The Kier molecular flexibility index (Phi) is 5.06. The van der Waals surface area contributed by atoms with Gasteiger partial charge in [0.15, 0.2) is 5.16 Å². The topological polar surface area (TPSA) is 52.2 Å². The maximum atomic E-state index is 13.3. The molecule has 2 aromatic carbocycles. The summed E-state index contributed by atoms with van der Waals surface area (Å²) in [5.74, 6) is 0.850. The number of thioether (sulfide) groups is 1. The molecule has 0 N–H and O–H groups in total. The smallest absolute Gasteiger partial charge is 0.271 e. The van der Waals surface area contributed by atoms with E-state index in [0.29, 0.717) is 26.4 Å². The van der Waals surface area contributed by atoms with E-state index in [1.165, 1.54) is 23.5 Å². The van der Waals surface area contributed by atoms with Gasteiger partial charge in [-0.25, -0.2) is 4.39 Å². The molecule has 0 aliphatic carbocycles. The zero-order valence-corrected chi connectivity index (χ0v) is 17.8. The molecule has 3 heterocycles. The van der Waals surface area contributed by atoms with Crippen molar-refractivity contribution in [1.29, 1.82) is 0 Å². The van der Waals surface area contributed by atoms with E-state index >= 15 is 0 Å². The van der Waals surface area contributed by atoms with Gasteiger partial charge >= 0.3 is 0 Å². The van der Waals surface area contributed by atoms with Gasteiger partial charge in [0.1, 0.15) is 10.5 Å². The van der Waals surface area contributed by atoms with E-state index < -0.39 is 0 Å². The molecule has 5 nitrogen and oxygen atoms in total. The highest BCUT2D eigenvalue weighted by Gasteiger charge is 2.18. The summed E-state index contributed by atoms with van der Waals surface area (Å²) in [4.78, 5) is 13.1. The maximum absolute atomic E-state index is 13.3. The van der Waals surface area contributed by atoms with E-state index in [-0.39, 0.29) is 17.9 Å². The lowest BCUT2D eigenvalue weighted by Crippen LogP contribution is -2.23. The minimum absolute atomic E-state index is 0.126. The van der Waals surface area contributed by atoms with Gasteiger partial charge in [0, 0.05) is 10.8 Å². The molecule has 150 valence electrons. The number of halogens is 2. The highest BCUT2D eigenvalue weighted by Crippen LogP contribution is 2.27. The van der Waals surface area contributed by atoms with Gasteiger partial charge < -0.3 is 0 Å². The molecule has 0 aliphatic rings. The molecule has 5 rings (SSSR count). The molecule has 0 atom stereocenters. The molecule has 3 aromatic heterocycles. The van der Waals surface area contributed by atoms with E-state index in [1.54, 1.807) is 28.5 Å². The zero-order chi connectivity index (χ0) is 20.7. The fraction of sp³-hybridized carbons (Fsp3) is 0.0952. The fourth-order valence-electron chi connectivity index (χ4n) is 3.24. The Labute approximate surface area is 183 Å². The molecule has 0 radical (unpaired) electrons. The Morgan fingerprint density at radius 3 is 2.50 bits per heavy atom. The van der Waals surface area contributed by atoms with E-state index in [0.717, 1.165) is 16.6 Å². The molecule has 9 heteroatoms. The number of hydrogen-bond donors (Lipinski definition) is 0. The van der Waals surface area contributed by atoms with Crippen molar-refractivity contribution < 1.29 is 4.39 Å². The molecule has 0 saturated heterocycles. The normalized spacial score (nSPS) is 11.5. The van der Waals surface area contributed by atoms with Gasteiger partial charge in [0.05, 0.1) is 12.1 Å². The first kappa shape index (κ1) is 19.3. The minimum atomic E-state index is -0.312. The number of aromatic nitrogens is 4. The molecule has 0 aliphatic heterocycles. The van der Waals surface area contributed by atoms with E-state index in [4.69, 9.17) is 11.6 Å². The van der Waals surface area contributed by atoms with Gasteiger partial charge in [-0.1, -0.05) is 47.6 Å². The summed E-state index contributed by atoms with van der Waals surface area (Å²) in [6, 6.07) is 15.7. The summed E-state index contributed by atoms with van der Waals surface area (Å²) in [6.07, 6.45) is 0. The van der Waals surface area contributed by atoms with Crippen LogP contribution in [0.25, 0.3) is 16.0 Å². The highest BCUT2D eigenvalue weighted by molar-refractivity contribution is 7.98. The highest BCUT2D eigenvalue weighted by atomic mass is 35.5. The Balaban J connectivity index is 1.58. The minimum Gasteiger partial charge on any atom is -0.271 e. The lowest BCUT2D eigenvalue weighted by molar-refractivity contribution is 0.626. The second kappa shape index (κ2) is 7.86. The third-order valence-electron chi connectivity index (χ3n) is 4.72. The van der Waals surface area contributed by atoms with Crippen LogP contribution in [-0.2, 0) is 12.3 Å². The Bertz CT molecular complexity index is 1410. The summed E-state index contributed by atoms with van der Waals surface area (Å²) in [5, 5.41) is 12.0. The summed E-state index contributed by atoms with van der Waals surface area (Å²) < 4.78 is 17.4. The fourth-order valence-corrected chi connectivity index (χ4v) is 5.08. The van der Waals surface area contributed by atoms with Crippen LogP contribution in [-0.4, -0.2) is 19.2 Å². The average Bonchev–Trinajstić information content (AvgIpc) is 3.39. The lowest BCUT2D eigenvalue weighted by atomic mass is 10.2. The number of thiophene rings is 1. The molecule has 0 unspecified atom stereocenters. The second-order valence-corrected chi connectivity index (χ2v) is 8.98. The number of rotatable bonds is 5. The van der Waals surface area contributed by atoms with Crippen molar-refractivity contribution in [1.82, 2.24) is 19.2 Å². The lowest BCUT2D eigenvalue weighted by Gasteiger charge is -2.09. The van der Waals surface area contributed by atoms with Gasteiger partial charge in [-0.3, -0.25) is 13.8 Å². The molecule has 0 fully saturated rings. The Hall–Kier alpha value is -2.68. The van der Waals surface area contributed by atoms with Crippen LogP contribution in [0, 0.1) is 5.82 Å². The molecule has 5 aromatic rings. The van der Waals surface area contributed by atoms with Crippen molar-refractivity contribution in [2.45, 2.75) is 17.5 Å². The standard InChI is InChI=1S/C21H14ClFN4OS2/c22-15-5-1-14(2-6-15)12-30-21-25-24-20-26(11-13-3-7-16(23)8-4-13)19(28)18-17(27(20)21)9-10-29-18/h1-10H,11-12H2. The van der Waals surface area contributed by atoms with Crippen LogP contribution in [0.1, 0.15) is 11.1 Å². The van der Waals surface area contributed by atoms with Crippen molar-refractivity contribution >= 4 is 50.7 Å². The van der Waals surface area contributed by atoms with Crippen molar-refractivity contribution in [3.63, 3.8) is 0 Å². The van der Waals surface area contributed by atoms with E-state index in [1.807, 2.05) is 40.1 Å². The van der Waals surface area contributed by atoms with Gasteiger partial charge in [-0.2, -0.15) is 0 Å². The average molecular weight is 457 g/mol. The first-order valence-electron chi connectivity index (χ1n) is 9.07. The monoisotopic (exact) mass is 456 g/mol. The van der Waals surface area contributed by atoms with Crippen molar-refractivity contribution in [3.8, 4) is 0 Å². The molecule has 0 amide bonds. The van der Waals surface area contributed by atoms with Crippen LogP contribution in [0.4, 0.5) is 4.39 Å². The van der Waals surface area contributed by atoms with Gasteiger partial charge in [0.25, 0.3) is 5.56 Å². The first-order chi connectivity index (χ1) is 14.6. The summed E-state index contributed by atoms with van der Waals surface area (Å²) in [5.41, 5.74) is 2.59. The number of fused-ring (bicyclic) bond motifs is 3. The van der Waals surface area contributed by atoms with Gasteiger partial charge in [0.2, 0.25) is 5.78 Å². The molecule has 0 saturated carbocycles. The summed E-state index contributed by atoms with van der Waals surface area (Å²) in [7, 11) is 0. The summed E-state index contributed by atoms with van der Waals surface area (Å²) >= 11 is 8.90. The zero-order valence-electron chi connectivity index (χ0n) is 15.5.